The maximum Gasteiger partial charge on any atom is 0.194 e. The zero-order valence-electron chi connectivity index (χ0n) is 13.7. The topological polar surface area (TPSA) is 53.7 Å². The third-order valence-corrected chi connectivity index (χ3v) is 3.86. The Kier molecular flexibility index (Phi) is 5.65. The molecule has 1 N–H and O–H groups in total. The Labute approximate surface area is 127 Å². The summed E-state index contributed by atoms with van der Waals surface area (Å²) in [6.07, 6.45) is 2.20. The largest absolute Gasteiger partial charge is 0.359 e. The molecule has 0 radical (unpaired) electrons. The van der Waals surface area contributed by atoms with Crippen LogP contribution in [0, 0.1) is 11.8 Å². The van der Waals surface area contributed by atoms with Gasteiger partial charge in [0.15, 0.2) is 11.7 Å². The van der Waals surface area contributed by atoms with Crippen molar-refractivity contribution in [1.82, 2.24) is 15.4 Å². The van der Waals surface area contributed by atoms with Crippen LogP contribution in [-0.2, 0) is 13.0 Å². The van der Waals surface area contributed by atoms with Crippen LogP contribution >= 0.6 is 0 Å². The SMILES string of the molecule is CCNC(=NCc1cc(CC)no1)N1CC(C)CC(C)C1. The van der Waals surface area contributed by atoms with Crippen molar-refractivity contribution < 1.29 is 4.52 Å². The van der Waals surface area contributed by atoms with Crippen molar-refractivity contribution in [2.45, 2.75) is 47.1 Å². The van der Waals surface area contributed by atoms with E-state index >= 15 is 0 Å². The Morgan fingerprint density at radius 3 is 2.67 bits per heavy atom. The number of nitrogens with one attached hydrogen (secondary N) is 1. The summed E-state index contributed by atoms with van der Waals surface area (Å²) in [5, 5.41) is 7.42. The monoisotopic (exact) mass is 292 g/mol. The zero-order valence-corrected chi connectivity index (χ0v) is 13.7. The highest BCUT2D eigenvalue weighted by atomic mass is 16.5. The molecular formula is C16H28N4O. The number of rotatable bonds is 4. The number of aryl methyl sites for hydroxylation is 1. The van der Waals surface area contributed by atoms with Crippen molar-refractivity contribution in [2.75, 3.05) is 19.6 Å². The number of hydrogen-bond acceptors (Lipinski definition) is 3. The van der Waals surface area contributed by atoms with Gasteiger partial charge >= 0.3 is 0 Å². The fourth-order valence-electron chi connectivity index (χ4n) is 3.01. The molecule has 0 aromatic carbocycles. The van der Waals surface area contributed by atoms with Crippen LogP contribution in [0.25, 0.3) is 0 Å². The summed E-state index contributed by atoms with van der Waals surface area (Å²) in [4.78, 5) is 7.10. The van der Waals surface area contributed by atoms with E-state index in [0.717, 1.165) is 55.3 Å². The summed E-state index contributed by atoms with van der Waals surface area (Å²) < 4.78 is 5.31. The molecule has 0 spiro atoms. The quantitative estimate of drug-likeness (QED) is 0.685. The molecule has 2 rings (SSSR count). The number of likely N-dealkylation sites (tertiary alicyclic amines) is 1. The molecule has 0 aliphatic carbocycles. The van der Waals surface area contributed by atoms with Gasteiger partial charge in [0, 0.05) is 25.7 Å². The van der Waals surface area contributed by atoms with Gasteiger partial charge in [-0.2, -0.15) is 0 Å². The molecule has 1 saturated heterocycles. The minimum absolute atomic E-state index is 0.550. The molecule has 21 heavy (non-hydrogen) atoms. The van der Waals surface area contributed by atoms with E-state index in [9.17, 15) is 0 Å². The van der Waals surface area contributed by atoms with Gasteiger partial charge in [-0.05, 0) is 31.6 Å². The molecule has 1 fully saturated rings. The molecule has 1 aliphatic rings. The Morgan fingerprint density at radius 1 is 1.38 bits per heavy atom. The summed E-state index contributed by atoms with van der Waals surface area (Å²) in [6.45, 7) is 12.4. The first-order chi connectivity index (χ1) is 10.1. The van der Waals surface area contributed by atoms with Crippen LogP contribution in [0.5, 0.6) is 0 Å². The van der Waals surface area contributed by atoms with Crippen molar-refractivity contribution in [2.24, 2.45) is 16.8 Å². The van der Waals surface area contributed by atoms with Crippen LogP contribution in [0.4, 0.5) is 0 Å². The van der Waals surface area contributed by atoms with Crippen LogP contribution in [0.2, 0.25) is 0 Å². The van der Waals surface area contributed by atoms with Gasteiger partial charge in [0.25, 0.3) is 0 Å². The predicted molar refractivity (Wildman–Crippen MR) is 85.2 cm³/mol. The number of aromatic nitrogens is 1. The van der Waals surface area contributed by atoms with E-state index in [0.29, 0.717) is 6.54 Å². The number of piperidine rings is 1. The molecule has 0 amide bonds. The summed E-state index contributed by atoms with van der Waals surface area (Å²) in [6, 6.07) is 1.99. The second-order valence-electron chi connectivity index (χ2n) is 6.16. The molecule has 2 atom stereocenters. The van der Waals surface area contributed by atoms with Gasteiger partial charge in [-0.25, -0.2) is 4.99 Å². The predicted octanol–water partition coefficient (Wildman–Crippen LogP) is 2.68. The van der Waals surface area contributed by atoms with Crippen molar-refractivity contribution in [3.05, 3.63) is 17.5 Å². The summed E-state index contributed by atoms with van der Waals surface area (Å²) >= 11 is 0. The number of guanidine groups is 1. The number of nitrogens with zero attached hydrogens (tertiary/aromatic N) is 3. The summed E-state index contributed by atoms with van der Waals surface area (Å²) in [5.41, 5.74) is 0.991. The van der Waals surface area contributed by atoms with Gasteiger partial charge in [0.05, 0.1) is 5.69 Å². The van der Waals surface area contributed by atoms with Crippen LogP contribution in [0.3, 0.4) is 0 Å². The Bertz CT molecular complexity index is 459. The molecule has 118 valence electrons. The first kappa shape index (κ1) is 15.9. The lowest BCUT2D eigenvalue weighted by Crippen LogP contribution is -2.48. The van der Waals surface area contributed by atoms with Crippen molar-refractivity contribution in [1.29, 1.82) is 0 Å². The molecular weight excluding hydrogens is 264 g/mol. The average Bonchev–Trinajstić information content (AvgIpc) is 2.90. The lowest BCUT2D eigenvalue weighted by atomic mass is 9.92. The van der Waals surface area contributed by atoms with Crippen molar-refractivity contribution in [3.63, 3.8) is 0 Å². The molecule has 5 nitrogen and oxygen atoms in total. The highest BCUT2D eigenvalue weighted by Gasteiger charge is 2.24. The molecule has 1 aromatic heterocycles. The van der Waals surface area contributed by atoms with Crippen LogP contribution < -0.4 is 5.32 Å². The van der Waals surface area contributed by atoms with Gasteiger partial charge < -0.3 is 14.7 Å². The molecule has 1 aliphatic heterocycles. The van der Waals surface area contributed by atoms with Gasteiger partial charge in [0.2, 0.25) is 0 Å². The van der Waals surface area contributed by atoms with E-state index in [-0.39, 0.29) is 0 Å². The lowest BCUT2D eigenvalue weighted by molar-refractivity contribution is 0.208. The Balaban J connectivity index is 2.04. The van der Waals surface area contributed by atoms with E-state index in [1.54, 1.807) is 0 Å². The summed E-state index contributed by atoms with van der Waals surface area (Å²) in [5.74, 6) is 3.26. The standard InChI is InChI=1S/C16H28N4O/c1-5-14-8-15(21-19-14)9-18-16(17-6-2)20-10-12(3)7-13(4)11-20/h8,12-13H,5-7,9-11H2,1-4H3,(H,17,18). The second kappa shape index (κ2) is 7.48. The van der Waals surface area contributed by atoms with E-state index in [1.165, 1.54) is 6.42 Å². The van der Waals surface area contributed by atoms with Gasteiger partial charge in [-0.1, -0.05) is 25.9 Å². The van der Waals surface area contributed by atoms with Crippen molar-refractivity contribution in [3.8, 4) is 0 Å². The number of hydrogen-bond donors (Lipinski definition) is 1. The van der Waals surface area contributed by atoms with E-state index in [4.69, 9.17) is 9.52 Å². The molecule has 5 heteroatoms. The molecule has 0 saturated carbocycles. The van der Waals surface area contributed by atoms with Crippen molar-refractivity contribution >= 4 is 5.96 Å². The summed E-state index contributed by atoms with van der Waals surface area (Å²) in [7, 11) is 0. The van der Waals surface area contributed by atoms with E-state index < -0.39 is 0 Å². The first-order valence-electron chi connectivity index (χ1n) is 8.10. The normalized spacial score (nSPS) is 23.4. The Hall–Kier alpha value is -1.52. The van der Waals surface area contributed by atoms with Gasteiger partial charge in [0.1, 0.15) is 6.54 Å². The first-order valence-corrected chi connectivity index (χ1v) is 8.10. The minimum atomic E-state index is 0.550. The zero-order chi connectivity index (χ0) is 15.2. The Morgan fingerprint density at radius 2 is 2.10 bits per heavy atom. The second-order valence-corrected chi connectivity index (χ2v) is 6.16. The third kappa shape index (κ3) is 4.48. The third-order valence-electron chi connectivity index (χ3n) is 3.86. The molecule has 1 aromatic rings. The van der Waals surface area contributed by atoms with Gasteiger partial charge in [-0.3, -0.25) is 0 Å². The fourth-order valence-corrected chi connectivity index (χ4v) is 3.01. The molecule has 0 bridgehead atoms. The van der Waals surface area contributed by atoms with Crippen LogP contribution in [0.15, 0.2) is 15.6 Å². The smallest absolute Gasteiger partial charge is 0.194 e. The molecule has 2 heterocycles. The minimum Gasteiger partial charge on any atom is -0.359 e. The van der Waals surface area contributed by atoms with Crippen LogP contribution in [0.1, 0.15) is 45.6 Å². The van der Waals surface area contributed by atoms with E-state index in [1.807, 2.05) is 6.07 Å². The van der Waals surface area contributed by atoms with E-state index in [2.05, 4.69) is 43.1 Å². The molecule has 2 unspecified atom stereocenters. The highest BCUT2D eigenvalue weighted by molar-refractivity contribution is 5.80. The average molecular weight is 292 g/mol. The number of aliphatic imine (C=N–C) groups is 1. The lowest BCUT2D eigenvalue weighted by Gasteiger charge is -2.37. The van der Waals surface area contributed by atoms with Crippen LogP contribution in [-0.4, -0.2) is 35.7 Å². The highest BCUT2D eigenvalue weighted by Crippen LogP contribution is 2.21. The maximum absolute atomic E-state index is 5.31. The van der Waals surface area contributed by atoms with Gasteiger partial charge in [-0.15, -0.1) is 0 Å². The maximum atomic E-state index is 5.31. The fraction of sp³-hybridized carbons (Fsp3) is 0.750.